The number of carbonyl (C=O) groups is 1. The lowest BCUT2D eigenvalue weighted by Gasteiger charge is -2.14. The minimum Gasteiger partial charge on any atom is -0.322 e. The van der Waals surface area contributed by atoms with Gasteiger partial charge in [-0.05, 0) is 40.0 Å². The number of aromatic nitrogens is 4. The lowest BCUT2D eigenvalue weighted by atomic mass is 10.2. The summed E-state index contributed by atoms with van der Waals surface area (Å²) in [5, 5.41) is 12.1. The molecule has 6 nitrogen and oxygen atoms in total. The molecule has 1 N–H and O–H groups in total. The summed E-state index contributed by atoms with van der Waals surface area (Å²) in [6.45, 7) is 2.56. The highest BCUT2D eigenvalue weighted by atomic mass is 79.9. The largest absolute Gasteiger partial charge is 0.322 e. The number of benzene rings is 1. The van der Waals surface area contributed by atoms with Crippen molar-refractivity contribution in [3.63, 3.8) is 0 Å². The lowest BCUT2D eigenvalue weighted by Crippen LogP contribution is -2.25. The molecule has 1 unspecified atom stereocenters. The first-order valence-electron chi connectivity index (χ1n) is 7.82. The number of nitrogens with zero attached hydrogens (tertiary/aromatic N) is 4. The molecule has 8 heteroatoms. The van der Waals surface area contributed by atoms with Gasteiger partial charge in [-0.15, -0.1) is 0 Å². The van der Waals surface area contributed by atoms with Crippen LogP contribution in [0.15, 0.2) is 53.5 Å². The summed E-state index contributed by atoms with van der Waals surface area (Å²) in [6, 6.07) is 7.22. The Kier molecular flexibility index (Phi) is 5.55. The first kappa shape index (κ1) is 17.7. The van der Waals surface area contributed by atoms with E-state index in [1.165, 1.54) is 0 Å². The summed E-state index contributed by atoms with van der Waals surface area (Å²) >= 11 is 9.24. The fourth-order valence-electron chi connectivity index (χ4n) is 2.49. The molecule has 25 heavy (non-hydrogen) atoms. The van der Waals surface area contributed by atoms with Crippen molar-refractivity contribution in [3.05, 3.63) is 64.1 Å². The van der Waals surface area contributed by atoms with E-state index in [0.29, 0.717) is 23.7 Å². The first-order valence-corrected chi connectivity index (χ1v) is 8.99. The SMILES string of the molecule is CCC(C(=O)Nc1cnn(Cc2ccc(Cl)cc2)c1)n1cc(Br)cn1. The van der Waals surface area contributed by atoms with Gasteiger partial charge in [0, 0.05) is 17.4 Å². The third-order valence-electron chi connectivity index (χ3n) is 3.74. The number of rotatable bonds is 6. The van der Waals surface area contributed by atoms with Crippen molar-refractivity contribution in [2.45, 2.75) is 25.9 Å². The van der Waals surface area contributed by atoms with Crippen LogP contribution < -0.4 is 5.32 Å². The third-order valence-corrected chi connectivity index (χ3v) is 4.40. The minimum absolute atomic E-state index is 0.121. The van der Waals surface area contributed by atoms with Crippen LogP contribution in [0.25, 0.3) is 0 Å². The molecule has 0 fully saturated rings. The van der Waals surface area contributed by atoms with E-state index in [2.05, 4.69) is 31.4 Å². The molecule has 1 aromatic carbocycles. The highest BCUT2D eigenvalue weighted by molar-refractivity contribution is 9.10. The molecule has 0 saturated carbocycles. The molecule has 1 atom stereocenters. The number of hydrogen-bond acceptors (Lipinski definition) is 3. The zero-order chi connectivity index (χ0) is 17.8. The monoisotopic (exact) mass is 421 g/mol. The van der Waals surface area contributed by atoms with Crippen LogP contribution in [0.4, 0.5) is 5.69 Å². The van der Waals surface area contributed by atoms with Gasteiger partial charge in [0.2, 0.25) is 5.91 Å². The minimum atomic E-state index is -0.370. The Morgan fingerprint density at radius 2 is 2.00 bits per heavy atom. The van der Waals surface area contributed by atoms with Gasteiger partial charge in [0.05, 0.1) is 29.1 Å². The van der Waals surface area contributed by atoms with Crippen molar-refractivity contribution < 1.29 is 4.79 Å². The third kappa shape index (κ3) is 4.49. The second kappa shape index (κ2) is 7.84. The van der Waals surface area contributed by atoms with Crippen LogP contribution in [0.2, 0.25) is 5.02 Å². The molecule has 0 aliphatic rings. The van der Waals surface area contributed by atoms with Crippen LogP contribution >= 0.6 is 27.5 Å². The maximum atomic E-state index is 12.5. The van der Waals surface area contributed by atoms with Gasteiger partial charge < -0.3 is 5.32 Å². The zero-order valence-electron chi connectivity index (χ0n) is 13.6. The van der Waals surface area contributed by atoms with Crippen LogP contribution in [0.3, 0.4) is 0 Å². The summed E-state index contributed by atoms with van der Waals surface area (Å²) < 4.78 is 4.26. The van der Waals surface area contributed by atoms with Gasteiger partial charge in [-0.25, -0.2) is 0 Å². The summed E-state index contributed by atoms with van der Waals surface area (Å²) in [6.07, 6.45) is 7.54. The van der Waals surface area contributed by atoms with E-state index in [4.69, 9.17) is 11.6 Å². The molecule has 1 amide bonds. The maximum Gasteiger partial charge on any atom is 0.249 e. The molecular formula is C17H17BrClN5O. The standard InChI is InChI=1S/C17H17BrClN5O/c1-2-16(24-10-13(18)7-21-24)17(25)22-15-8-20-23(11-15)9-12-3-5-14(19)6-4-12/h3-8,10-11,16H,2,9H2,1H3,(H,22,25). The molecule has 0 bridgehead atoms. The molecule has 0 spiro atoms. The Hall–Kier alpha value is -2.12. The van der Waals surface area contributed by atoms with E-state index in [1.807, 2.05) is 31.2 Å². The average molecular weight is 423 g/mol. The number of anilines is 1. The molecule has 2 heterocycles. The quantitative estimate of drug-likeness (QED) is 0.649. The molecule has 2 aromatic heterocycles. The maximum absolute atomic E-state index is 12.5. The Morgan fingerprint density at radius 1 is 1.24 bits per heavy atom. The Morgan fingerprint density at radius 3 is 2.64 bits per heavy atom. The van der Waals surface area contributed by atoms with Crippen LogP contribution in [0, 0.1) is 0 Å². The summed E-state index contributed by atoms with van der Waals surface area (Å²) in [5.74, 6) is -0.121. The van der Waals surface area contributed by atoms with Gasteiger partial charge in [0.1, 0.15) is 6.04 Å². The van der Waals surface area contributed by atoms with Crippen LogP contribution in [0.1, 0.15) is 24.9 Å². The van der Waals surface area contributed by atoms with Gasteiger partial charge in [-0.3, -0.25) is 14.2 Å². The fraction of sp³-hybridized carbons (Fsp3) is 0.235. The van der Waals surface area contributed by atoms with Crippen molar-refractivity contribution in [1.29, 1.82) is 0 Å². The topological polar surface area (TPSA) is 64.7 Å². The number of halogens is 2. The molecule has 0 aliphatic carbocycles. The van der Waals surface area contributed by atoms with E-state index in [1.54, 1.807) is 34.2 Å². The zero-order valence-corrected chi connectivity index (χ0v) is 15.9. The summed E-state index contributed by atoms with van der Waals surface area (Å²) in [7, 11) is 0. The smallest absolute Gasteiger partial charge is 0.249 e. The van der Waals surface area contributed by atoms with Gasteiger partial charge in [-0.1, -0.05) is 30.7 Å². The number of amides is 1. The Labute approximate surface area is 158 Å². The van der Waals surface area contributed by atoms with Gasteiger partial charge in [-0.2, -0.15) is 10.2 Å². The Bertz CT molecular complexity index is 858. The number of nitrogens with one attached hydrogen (secondary N) is 1. The van der Waals surface area contributed by atoms with E-state index in [-0.39, 0.29) is 11.9 Å². The summed E-state index contributed by atoms with van der Waals surface area (Å²) in [5.41, 5.74) is 1.74. The molecule has 0 aliphatic heterocycles. The van der Waals surface area contributed by atoms with E-state index in [0.717, 1.165) is 10.0 Å². The van der Waals surface area contributed by atoms with Crippen LogP contribution in [-0.2, 0) is 11.3 Å². The molecule has 130 valence electrons. The highest BCUT2D eigenvalue weighted by Gasteiger charge is 2.20. The van der Waals surface area contributed by atoms with Gasteiger partial charge in [0.25, 0.3) is 0 Å². The summed E-state index contributed by atoms with van der Waals surface area (Å²) in [4.78, 5) is 12.5. The van der Waals surface area contributed by atoms with E-state index < -0.39 is 0 Å². The van der Waals surface area contributed by atoms with Crippen molar-refractivity contribution in [2.24, 2.45) is 0 Å². The molecule has 0 radical (unpaired) electrons. The molecule has 3 aromatic rings. The van der Waals surface area contributed by atoms with Gasteiger partial charge >= 0.3 is 0 Å². The molecule has 0 saturated heterocycles. The predicted molar refractivity (Wildman–Crippen MR) is 101 cm³/mol. The highest BCUT2D eigenvalue weighted by Crippen LogP contribution is 2.18. The van der Waals surface area contributed by atoms with Crippen molar-refractivity contribution in [3.8, 4) is 0 Å². The Balaban J connectivity index is 1.65. The second-order valence-corrected chi connectivity index (χ2v) is 6.96. The van der Waals surface area contributed by atoms with Crippen molar-refractivity contribution in [2.75, 3.05) is 5.32 Å². The van der Waals surface area contributed by atoms with E-state index in [9.17, 15) is 4.79 Å². The van der Waals surface area contributed by atoms with Crippen molar-refractivity contribution >= 4 is 39.1 Å². The normalized spacial score (nSPS) is 12.1. The van der Waals surface area contributed by atoms with Gasteiger partial charge in [0.15, 0.2) is 0 Å². The van der Waals surface area contributed by atoms with Crippen LogP contribution in [-0.4, -0.2) is 25.5 Å². The lowest BCUT2D eigenvalue weighted by molar-refractivity contribution is -0.119. The van der Waals surface area contributed by atoms with Crippen molar-refractivity contribution in [1.82, 2.24) is 19.6 Å². The van der Waals surface area contributed by atoms with Crippen LogP contribution in [0.5, 0.6) is 0 Å². The van der Waals surface area contributed by atoms with E-state index >= 15 is 0 Å². The number of hydrogen-bond donors (Lipinski definition) is 1. The predicted octanol–water partition coefficient (Wildman–Crippen LogP) is 4.13. The average Bonchev–Trinajstić information content (AvgIpc) is 3.20. The first-order chi connectivity index (χ1) is 12.0. The molecular weight excluding hydrogens is 406 g/mol. The molecule has 3 rings (SSSR count). The second-order valence-electron chi connectivity index (χ2n) is 5.60. The fourth-order valence-corrected chi connectivity index (χ4v) is 2.92. The number of carbonyl (C=O) groups excluding carboxylic acids is 1.